The summed E-state index contributed by atoms with van der Waals surface area (Å²) in [7, 11) is 1.63. The molecule has 1 saturated heterocycles. The summed E-state index contributed by atoms with van der Waals surface area (Å²) < 4.78 is 6.09. The topological polar surface area (TPSA) is 49.8 Å². The van der Waals surface area contributed by atoms with Crippen LogP contribution in [0, 0.1) is 5.92 Å². The zero-order chi connectivity index (χ0) is 15.4. The van der Waals surface area contributed by atoms with Crippen molar-refractivity contribution in [2.45, 2.75) is 32.3 Å². The van der Waals surface area contributed by atoms with Gasteiger partial charge < -0.3 is 14.7 Å². The van der Waals surface area contributed by atoms with Gasteiger partial charge in [0.1, 0.15) is 5.75 Å². The highest BCUT2D eigenvalue weighted by molar-refractivity contribution is 9.10. The molecule has 1 amide bonds. The summed E-state index contributed by atoms with van der Waals surface area (Å²) in [6.07, 6.45) is 1.66. The van der Waals surface area contributed by atoms with E-state index in [1.54, 1.807) is 12.0 Å². The van der Waals surface area contributed by atoms with E-state index in [9.17, 15) is 9.90 Å². The van der Waals surface area contributed by atoms with Gasteiger partial charge in [-0.15, -0.1) is 0 Å². The van der Waals surface area contributed by atoms with Crippen LogP contribution in [-0.2, 0) is 11.2 Å². The summed E-state index contributed by atoms with van der Waals surface area (Å²) in [6, 6.07) is 5.86. The van der Waals surface area contributed by atoms with Gasteiger partial charge in [-0.25, -0.2) is 0 Å². The van der Waals surface area contributed by atoms with Gasteiger partial charge in [-0.3, -0.25) is 4.79 Å². The average Bonchev–Trinajstić information content (AvgIpc) is 2.47. The normalized spacial score (nSPS) is 22.2. The number of piperidine rings is 1. The predicted octanol–water partition coefficient (Wildman–Crippen LogP) is 2.62. The van der Waals surface area contributed by atoms with Crippen LogP contribution in [0.3, 0.4) is 0 Å². The van der Waals surface area contributed by atoms with E-state index in [-0.39, 0.29) is 11.8 Å². The van der Waals surface area contributed by atoms with Crippen LogP contribution in [0.2, 0.25) is 0 Å². The minimum Gasteiger partial charge on any atom is -0.496 e. The minimum atomic E-state index is -0.391. The van der Waals surface area contributed by atoms with Crippen LogP contribution in [0.5, 0.6) is 5.75 Å². The van der Waals surface area contributed by atoms with Gasteiger partial charge in [-0.05, 0) is 52.4 Å². The largest absolute Gasteiger partial charge is 0.496 e. The highest BCUT2D eigenvalue weighted by atomic mass is 79.9. The van der Waals surface area contributed by atoms with Crippen molar-refractivity contribution in [1.82, 2.24) is 4.90 Å². The van der Waals surface area contributed by atoms with Gasteiger partial charge in [0.05, 0.1) is 17.7 Å². The Bertz CT molecular complexity index is 506. The standard InChI is InChI=1S/C16H22BrNO3/c1-11-7-8-18(10-14(11)19)16(20)6-4-12-3-5-15(21-2)13(17)9-12/h3,5,9,11,14,19H,4,6-8,10H2,1-2H3. The number of benzene rings is 1. The molecule has 0 spiro atoms. The summed E-state index contributed by atoms with van der Waals surface area (Å²) in [4.78, 5) is 14.0. The summed E-state index contributed by atoms with van der Waals surface area (Å²) in [5.41, 5.74) is 1.10. The van der Waals surface area contributed by atoms with Gasteiger partial charge in [0.2, 0.25) is 5.91 Å². The van der Waals surface area contributed by atoms with Crippen LogP contribution in [0.25, 0.3) is 0 Å². The third-order valence-electron chi connectivity index (χ3n) is 4.12. The van der Waals surface area contributed by atoms with Crippen molar-refractivity contribution in [2.75, 3.05) is 20.2 Å². The first-order valence-corrected chi connectivity index (χ1v) is 8.09. The molecule has 0 bridgehead atoms. The van der Waals surface area contributed by atoms with Gasteiger partial charge in [-0.2, -0.15) is 0 Å². The monoisotopic (exact) mass is 355 g/mol. The molecule has 2 unspecified atom stereocenters. The van der Waals surface area contributed by atoms with Crippen LogP contribution in [0.15, 0.2) is 22.7 Å². The Kier molecular flexibility index (Phi) is 5.65. The van der Waals surface area contributed by atoms with Crippen molar-refractivity contribution in [3.63, 3.8) is 0 Å². The zero-order valence-electron chi connectivity index (χ0n) is 12.5. The molecule has 116 valence electrons. The molecule has 2 rings (SSSR count). The van der Waals surface area contributed by atoms with E-state index in [0.717, 1.165) is 28.8 Å². The summed E-state index contributed by atoms with van der Waals surface area (Å²) in [5.74, 6) is 1.19. The maximum absolute atomic E-state index is 12.2. The first-order valence-electron chi connectivity index (χ1n) is 7.29. The third-order valence-corrected chi connectivity index (χ3v) is 4.73. The fraction of sp³-hybridized carbons (Fsp3) is 0.562. The molecule has 0 radical (unpaired) electrons. The van der Waals surface area contributed by atoms with E-state index in [1.807, 2.05) is 25.1 Å². The zero-order valence-corrected chi connectivity index (χ0v) is 14.1. The van der Waals surface area contributed by atoms with Crippen molar-refractivity contribution in [3.05, 3.63) is 28.2 Å². The number of rotatable bonds is 4. The molecule has 1 aromatic rings. The lowest BCUT2D eigenvalue weighted by molar-refractivity contribution is -0.135. The number of aliphatic hydroxyl groups excluding tert-OH is 1. The van der Waals surface area contributed by atoms with Gasteiger partial charge in [0.15, 0.2) is 0 Å². The Morgan fingerprint density at radius 2 is 2.29 bits per heavy atom. The number of nitrogens with zero attached hydrogens (tertiary/aromatic N) is 1. The van der Waals surface area contributed by atoms with Crippen molar-refractivity contribution < 1.29 is 14.6 Å². The molecule has 21 heavy (non-hydrogen) atoms. The molecule has 0 aliphatic carbocycles. The molecule has 1 N–H and O–H groups in total. The summed E-state index contributed by atoms with van der Waals surface area (Å²) in [5, 5.41) is 9.86. The molecule has 2 atom stereocenters. The number of aliphatic hydroxyl groups is 1. The highest BCUT2D eigenvalue weighted by Crippen LogP contribution is 2.26. The maximum atomic E-state index is 12.2. The summed E-state index contributed by atoms with van der Waals surface area (Å²) in [6.45, 7) is 3.25. The second-order valence-corrected chi connectivity index (χ2v) is 6.50. The molecule has 1 aromatic carbocycles. The van der Waals surface area contributed by atoms with Crippen LogP contribution < -0.4 is 4.74 Å². The average molecular weight is 356 g/mol. The molecule has 0 aromatic heterocycles. The number of ether oxygens (including phenoxy) is 1. The molecule has 0 saturated carbocycles. The van der Waals surface area contributed by atoms with E-state index >= 15 is 0 Å². The molecule has 4 nitrogen and oxygen atoms in total. The number of halogens is 1. The van der Waals surface area contributed by atoms with Crippen molar-refractivity contribution in [3.8, 4) is 5.75 Å². The Balaban J connectivity index is 1.88. The second kappa shape index (κ2) is 7.27. The van der Waals surface area contributed by atoms with E-state index in [1.165, 1.54) is 0 Å². The predicted molar refractivity (Wildman–Crippen MR) is 85.4 cm³/mol. The number of hydrogen-bond donors (Lipinski definition) is 1. The number of hydrogen-bond acceptors (Lipinski definition) is 3. The lowest BCUT2D eigenvalue weighted by atomic mass is 9.95. The molecule has 1 aliphatic rings. The number of β-amino-alcohol motifs (C(OH)–C–C–N with tert-alkyl or cyclic N) is 1. The first kappa shape index (κ1) is 16.3. The molecule has 1 aliphatic heterocycles. The van der Waals surface area contributed by atoms with Crippen molar-refractivity contribution in [2.24, 2.45) is 5.92 Å². The fourth-order valence-electron chi connectivity index (χ4n) is 2.55. The third kappa shape index (κ3) is 4.20. The van der Waals surface area contributed by atoms with Gasteiger partial charge in [-0.1, -0.05) is 13.0 Å². The second-order valence-electron chi connectivity index (χ2n) is 5.64. The number of likely N-dealkylation sites (tertiary alicyclic amines) is 1. The van der Waals surface area contributed by atoms with E-state index < -0.39 is 6.10 Å². The number of amides is 1. The summed E-state index contributed by atoms with van der Waals surface area (Å²) >= 11 is 3.45. The quantitative estimate of drug-likeness (QED) is 0.902. The fourth-order valence-corrected chi connectivity index (χ4v) is 3.14. The number of carbonyl (C=O) groups is 1. The van der Waals surface area contributed by atoms with Crippen molar-refractivity contribution in [1.29, 1.82) is 0 Å². The number of methoxy groups -OCH3 is 1. The minimum absolute atomic E-state index is 0.118. The van der Waals surface area contributed by atoms with Gasteiger partial charge >= 0.3 is 0 Å². The van der Waals surface area contributed by atoms with E-state index in [4.69, 9.17) is 4.74 Å². The van der Waals surface area contributed by atoms with Crippen LogP contribution in [-0.4, -0.2) is 42.2 Å². The molecular weight excluding hydrogens is 334 g/mol. The van der Waals surface area contributed by atoms with Gasteiger partial charge in [0.25, 0.3) is 0 Å². The maximum Gasteiger partial charge on any atom is 0.222 e. The molecule has 5 heteroatoms. The Labute approximate surface area is 134 Å². The lowest BCUT2D eigenvalue weighted by Crippen LogP contribution is -2.45. The molecular formula is C16H22BrNO3. The van der Waals surface area contributed by atoms with Crippen LogP contribution in [0.1, 0.15) is 25.3 Å². The van der Waals surface area contributed by atoms with Crippen molar-refractivity contribution >= 4 is 21.8 Å². The molecule has 1 fully saturated rings. The molecule has 1 heterocycles. The van der Waals surface area contributed by atoms with E-state index in [2.05, 4.69) is 15.9 Å². The van der Waals surface area contributed by atoms with E-state index in [0.29, 0.717) is 19.4 Å². The smallest absolute Gasteiger partial charge is 0.222 e. The lowest BCUT2D eigenvalue weighted by Gasteiger charge is -2.34. The Hall–Kier alpha value is -1.07. The number of aryl methyl sites for hydroxylation is 1. The van der Waals surface area contributed by atoms with Crippen LogP contribution in [0.4, 0.5) is 0 Å². The SMILES string of the molecule is COc1ccc(CCC(=O)N2CCC(C)C(O)C2)cc1Br. The van der Waals surface area contributed by atoms with Crippen LogP contribution >= 0.6 is 15.9 Å². The Morgan fingerprint density at radius 3 is 2.90 bits per heavy atom. The number of carbonyl (C=O) groups excluding carboxylic acids is 1. The first-order chi connectivity index (χ1) is 10.0. The van der Waals surface area contributed by atoms with Gasteiger partial charge in [0, 0.05) is 19.5 Å². The highest BCUT2D eigenvalue weighted by Gasteiger charge is 2.26. The Morgan fingerprint density at radius 1 is 1.52 bits per heavy atom.